The molecule has 2 saturated heterocycles. The highest BCUT2D eigenvalue weighted by atomic mass is 16.5. The molecule has 0 saturated carbocycles. The van der Waals surface area contributed by atoms with E-state index in [1.807, 2.05) is 81.4 Å². The van der Waals surface area contributed by atoms with Crippen molar-refractivity contribution in [3.8, 4) is 17.2 Å². The predicted molar refractivity (Wildman–Crippen MR) is 161 cm³/mol. The SMILES string of the molecule is COc1ccc(C(=O)N2CCC3(CCCCOC[C@@H]4CCCN4C(=O)c4cccc(c4)OC3)CC2)cc1-n1cccc1. The second-order valence-corrected chi connectivity index (χ2v) is 11.9. The van der Waals surface area contributed by atoms with E-state index >= 15 is 0 Å². The van der Waals surface area contributed by atoms with Crippen molar-refractivity contribution in [3.63, 3.8) is 0 Å². The number of ether oxygens (including phenoxy) is 3. The van der Waals surface area contributed by atoms with Gasteiger partial charge in [0.1, 0.15) is 11.5 Å². The molecule has 3 aliphatic heterocycles. The topological polar surface area (TPSA) is 73.2 Å². The Morgan fingerprint density at radius 1 is 0.952 bits per heavy atom. The first kappa shape index (κ1) is 28.3. The number of methoxy groups -OCH3 is 1. The van der Waals surface area contributed by atoms with Crippen LogP contribution in [0.4, 0.5) is 0 Å². The van der Waals surface area contributed by atoms with Crippen molar-refractivity contribution < 1.29 is 23.8 Å². The lowest BCUT2D eigenvalue weighted by Gasteiger charge is -2.42. The van der Waals surface area contributed by atoms with Crippen molar-refractivity contribution in [2.75, 3.05) is 46.6 Å². The summed E-state index contributed by atoms with van der Waals surface area (Å²) in [5.74, 6) is 1.56. The number of aromatic nitrogens is 1. The quantitative estimate of drug-likeness (QED) is 0.410. The van der Waals surface area contributed by atoms with Crippen LogP contribution in [0.1, 0.15) is 65.7 Å². The molecule has 1 atom stereocenters. The Hall–Kier alpha value is -3.78. The molecular weight excluding hydrogens is 530 g/mol. The summed E-state index contributed by atoms with van der Waals surface area (Å²) in [6.45, 7) is 4.01. The first-order valence-electron chi connectivity index (χ1n) is 15.3. The fourth-order valence-corrected chi connectivity index (χ4v) is 6.67. The van der Waals surface area contributed by atoms with Crippen molar-refractivity contribution in [2.24, 2.45) is 5.41 Å². The highest BCUT2D eigenvalue weighted by molar-refractivity contribution is 5.95. The van der Waals surface area contributed by atoms with Gasteiger partial charge in [0.25, 0.3) is 11.8 Å². The Bertz CT molecular complexity index is 1380. The zero-order chi connectivity index (χ0) is 28.9. The molecule has 6 rings (SSSR count). The molecule has 1 spiro atoms. The summed E-state index contributed by atoms with van der Waals surface area (Å²) in [4.78, 5) is 30.9. The van der Waals surface area contributed by atoms with Crippen molar-refractivity contribution in [1.29, 1.82) is 0 Å². The van der Waals surface area contributed by atoms with Crippen LogP contribution in [0, 0.1) is 5.41 Å². The molecule has 3 aromatic rings. The first-order valence-corrected chi connectivity index (χ1v) is 15.3. The van der Waals surface area contributed by atoms with Crippen LogP contribution in [0.5, 0.6) is 11.5 Å². The molecule has 2 amide bonds. The van der Waals surface area contributed by atoms with E-state index in [4.69, 9.17) is 14.2 Å². The maximum Gasteiger partial charge on any atom is 0.254 e. The lowest BCUT2D eigenvalue weighted by atomic mass is 9.75. The number of carbonyl (C=O) groups is 2. The highest BCUT2D eigenvalue weighted by Crippen LogP contribution is 2.38. The summed E-state index contributed by atoms with van der Waals surface area (Å²) in [6, 6.07) is 17.3. The predicted octanol–water partition coefficient (Wildman–Crippen LogP) is 5.59. The smallest absolute Gasteiger partial charge is 0.254 e. The Morgan fingerprint density at radius 3 is 2.60 bits per heavy atom. The van der Waals surface area contributed by atoms with E-state index in [2.05, 4.69) is 0 Å². The first-order chi connectivity index (χ1) is 20.5. The molecule has 2 aromatic carbocycles. The zero-order valence-corrected chi connectivity index (χ0v) is 24.5. The normalized spacial score (nSPS) is 21.3. The number of rotatable bonds is 3. The summed E-state index contributed by atoms with van der Waals surface area (Å²) in [5, 5.41) is 0. The molecule has 0 aliphatic carbocycles. The lowest BCUT2D eigenvalue weighted by Crippen LogP contribution is -2.45. The van der Waals surface area contributed by atoms with Gasteiger partial charge in [-0.05, 0) is 87.1 Å². The number of carbonyl (C=O) groups excluding carboxylic acids is 2. The monoisotopic (exact) mass is 571 g/mol. The van der Waals surface area contributed by atoms with Gasteiger partial charge in [-0.25, -0.2) is 0 Å². The van der Waals surface area contributed by atoms with E-state index in [0.29, 0.717) is 44.0 Å². The maximum atomic E-state index is 13.6. The van der Waals surface area contributed by atoms with Crippen molar-refractivity contribution in [1.82, 2.24) is 14.4 Å². The van der Waals surface area contributed by atoms with Crippen LogP contribution < -0.4 is 9.47 Å². The number of hydrogen-bond acceptors (Lipinski definition) is 5. The van der Waals surface area contributed by atoms with Gasteiger partial charge in [0.2, 0.25) is 0 Å². The molecule has 42 heavy (non-hydrogen) atoms. The van der Waals surface area contributed by atoms with Gasteiger partial charge in [0.15, 0.2) is 0 Å². The van der Waals surface area contributed by atoms with Crippen LogP contribution in [0.25, 0.3) is 5.69 Å². The Morgan fingerprint density at radius 2 is 1.79 bits per heavy atom. The second kappa shape index (κ2) is 12.6. The summed E-state index contributed by atoms with van der Waals surface area (Å²) < 4.78 is 20.0. The molecule has 2 fully saturated rings. The van der Waals surface area contributed by atoms with E-state index in [1.54, 1.807) is 7.11 Å². The van der Waals surface area contributed by atoms with E-state index in [0.717, 1.165) is 68.7 Å². The number of benzene rings is 2. The van der Waals surface area contributed by atoms with Crippen molar-refractivity contribution >= 4 is 11.8 Å². The van der Waals surface area contributed by atoms with Gasteiger partial charge in [-0.1, -0.05) is 12.5 Å². The largest absolute Gasteiger partial charge is 0.495 e. The summed E-state index contributed by atoms with van der Waals surface area (Å²) in [5.41, 5.74) is 2.14. The standard InChI is InChI=1S/C34H41N3O5/c1-40-31-12-11-27(23-30(31)35-16-3-4-17-35)32(38)36-19-14-34(15-20-36)13-2-5-21-41-24-28-9-7-18-37(28)33(39)26-8-6-10-29(22-26)42-25-34/h3-4,6,8,10-12,16-17,22-23,28H,2,5,7,9,13-15,18-21,24-25H2,1H3/t28-/m0/s1. The minimum absolute atomic E-state index is 0.0345. The molecule has 8 heteroatoms. The van der Waals surface area contributed by atoms with Gasteiger partial charge < -0.3 is 28.6 Å². The van der Waals surface area contributed by atoms with Crippen LogP contribution in [0.15, 0.2) is 67.0 Å². The van der Waals surface area contributed by atoms with Gasteiger partial charge in [-0.15, -0.1) is 0 Å². The van der Waals surface area contributed by atoms with Gasteiger partial charge >= 0.3 is 0 Å². The molecule has 3 aliphatic rings. The molecule has 2 bridgehead atoms. The number of fused-ring (bicyclic) bond motifs is 3. The van der Waals surface area contributed by atoms with Gasteiger partial charge in [0.05, 0.1) is 32.1 Å². The summed E-state index contributed by atoms with van der Waals surface area (Å²) in [6.07, 6.45) is 10.7. The van der Waals surface area contributed by atoms with Crippen LogP contribution in [0.2, 0.25) is 0 Å². The molecule has 0 N–H and O–H groups in total. The highest BCUT2D eigenvalue weighted by Gasteiger charge is 2.37. The average Bonchev–Trinajstić information content (AvgIpc) is 3.74. The van der Waals surface area contributed by atoms with Crippen LogP contribution in [0.3, 0.4) is 0 Å². The fourth-order valence-electron chi connectivity index (χ4n) is 6.67. The average molecular weight is 572 g/mol. The number of likely N-dealkylation sites (tertiary alicyclic amines) is 1. The molecule has 222 valence electrons. The van der Waals surface area contributed by atoms with Crippen molar-refractivity contribution in [3.05, 3.63) is 78.1 Å². The Balaban J connectivity index is 1.16. The number of nitrogens with zero attached hydrogens (tertiary/aromatic N) is 3. The zero-order valence-electron chi connectivity index (χ0n) is 24.5. The van der Waals surface area contributed by atoms with Gasteiger partial charge in [0, 0.05) is 55.2 Å². The number of hydrogen-bond donors (Lipinski definition) is 0. The molecule has 0 radical (unpaired) electrons. The van der Waals surface area contributed by atoms with Gasteiger partial charge in [-0.3, -0.25) is 9.59 Å². The molecular formula is C34H41N3O5. The maximum absolute atomic E-state index is 13.6. The molecule has 0 unspecified atom stereocenters. The Kier molecular flexibility index (Phi) is 8.51. The van der Waals surface area contributed by atoms with E-state index < -0.39 is 0 Å². The number of amides is 2. The summed E-state index contributed by atoms with van der Waals surface area (Å²) in [7, 11) is 1.65. The van der Waals surface area contributed by atoms with E-state index in [1.165, 1.54) is 0 Å². The van der Waals surface area contributed by atoms with Gasteiger partial charge in [-0.2, -0.15) is 0 Å². The molecule has 8 nitrogen and oxygen atoms in total. The van der Waals surface area contributed by atoms with Crippen LogP contribution in [-0.4, -0.2) is 78.8 Å². The third-order valence-corrected chi connectivity index (χ3v) is 9.24. The van der Waals surface area contributed by atoms with E-state index in [-0.39, 0.29) is 23.3 Å². The minimum Gasteiger partial charge on any atom is -0.495 e. The van der Waals surface area contributed by atoms with Crippen LogP contribution in [-0.2, 0) is 4.74 Å². The third kappa shape index (κ3) is 6.04. The third-order valence-electron chi connectivity index (χ3n) is 9.24. The molecule has 4 heterocycles. The van der Waals surface area contributed by atoms with E-state index in [9.17, 15) is 9.59 Å². The van der Waals surface area contributed by atoms with Crippen molar-refractivity contribution in [2.45, 2.75) is 51.0 Å². The molecule has 1 aromatic heterocycles. The lowest BCUT2D eigenvalue weighted by molar-refractivity contribution is 0.0332. The summed E-state index contributed by atoms with van der Waals surface area (Å²) >= 11 is 0. The number of piperidine rings is 1. The second-order valence-electron chi connectivity index (χ2n) is 11.9. The fraction of sp³-hybridized carbons (Fsp3) is 0.471. The Labute approximate surface area is 248 Å². The van der Waals surface area contributed by atoms with Crippen LogP contribution >= 0.6 is 0 Å². The minimum atomic E-state index is -0.0345.